The Balaban J connectivity index is 2.15. The average molecular weight is 275 g/mol. The number of aromatic nitrogens is 2. The van der Waals surface area contributed by atoms with E-state index >= 15 is 0 Å². The Morgan fingerprint density at radius 1 is 1.35 bits per heavy atom. The number of carbonyl (C=O) groups excluding carboxylic acids is 1. The zero-order chi connectivity index (χ0) is 14.5. The molecule has 1 aromatic heterocycles. The van der Waals surface area contributed by atoms with Crippen molar-refractivity contribution in [3.63, 3.8) is 0 Å². The second-order valence-electron chi connectivity index (χ2n) is 4.09. The van der Waals surface area contributed by atoms with Crippen LogP contribution in [0.5, 0.6) is 5.88 Å². The van der Waals surface area contributed by atoms with Gasteiger partial charge >= 0.3 is 0 Å². The Morgan fingerprint density at radius 2 is 2.15 bits per heavy atom. The van der Waals surface area contributed by atoms with Gasteiger partial charge in [-0.2, -0.15) is 0 Å². The monoisotopic (exact) mass is 275 g/mol. The summed E-state index contributed by atoms with van der Waals surface area (Å²) in [6.45, 7) is 3.91. The number of hydrogen-bond donors (Lipinski definition) is 1. The normalized spacial score (nSPS) is 10.2. The van der Waals surface area contributed by atoms with Crippen LogP contribution in [0, 0.1) is 12.7 Å². The lowest BCUT2D eigenvalue weighted by Gasteiger charge is -2.07. The Bertz CT molecular complexity index is 632. The second-order valence-corrected chi connectivity index (χ2v) is 4.09. The molecule has 1 amide bonds. The van der Waals surface area contributed by atoms with Crippen LogP contribution < -0.4 is 10.1 Å². The molecule has 1 aromatic carbocycles. The van der Waals surface area contributed by atoms with Crippen molar-refractivity contribution in [1.29, 1.82) is 0 Å². The minimum Gasteiger partial charge on any atom is -0.478 e. The molecule has 0 radical (unpaired) electrons. The topological polar surface area (TPSA) is 64.1 Å². The standard InChI is InChI=1S/C14H14FN3O2/c1-3-20-13-7-12(16-8-17-13)14(19)18-10-5-4-9(2)11(15)6-10/h4-8H,3H2,1-2H3,(H,18,19). The Kier molecular flexibility index (Phi) is 4.24. The minimum absolute atomic E-state index is 0.157. The molecule has 0 saturated carbocycles. The number of halogens is 1. The van der Waals surface area contributed by atoms with Gasteiger partial charge in [0.2, 0.25) is 5.88 Å². The highest BCUT2D eigenvalue weighted by Crippen LogP contribution is 2.15. The largest absolute Gasteiger partial charge is 0.478 e. The molecule has 0 aliphatic heterocycles. The summed E-state index contributed by atoms with van der Waals surface area (Å²) < 4.78 is 18.6. The maximum Gasteiger partial charge on any atom is 0.274 e. The summed E-state index contributed by atoms with van der Waals surface area (Å²) in [6.07, 6.45) is 1.25. The minimum atomic E-state index is -0.448. The maximum atomic E-state index is 13.4. The maximum absolute atomic E-state index is 13.4. The van der Waals surface area contributed by atoms with E-state index in [2.05, 4.69) is 15.3 Å². The number of rotatable bonds is 4. The molecule has 0 unspecified atom stereocenters. The molecule has 6 heteroatoms. The summed E-state index contributed by atoms with van der Waals surface area (Å²) >= 11 is 0. The van der Waals surface area contributed by atoms with Crippen molar-refractivity contribution in [3.8, 4) is 5.88 Å². The number of benzene rings is 1. The molecule has 0 aliphatic rings. The molecule has 0 atom stereocenters. The summed E-state index contributed by atoms with van der Waals surface area (Å²) in [5.74, 6) is -0.500. The van der Waals surface area contributed by atoms with Gasteiger partial charge in [0, 0.05) is 11.8 Å². The van der Waals surface area contributed by atoms with Crippen LogP contribution in [0.2, 0.25) is 0 Å². The number of amides is 1. The first-order valence-electron chi connectivity index (χ1n) is 6.12. The van der Waals surface area contributed by atoms with Crippen molar-refractivity contribution >= 4 is 11.6 Å². The van der Waals surface area contributed by atoms with E-state index in [4.69, 9.17) is 4.74 Å². The van der Waals surface area contributed by atoms with Crippen LogP contribution in [-0.2, 0) is 0 Å². The van der Waals surface area contributed by atoms with Crippen LogP contribution in [-0.4, -0.2) is 22.5 Å². The van der Waals surface area contributed by atoms with Gasteiger partial charge in [0.1, 0.15) is 17.8 Å². The third-order valence-corrected chi connectivity index (χ3v) is 2.60. The van der Waals surface area contributed by atoms with Crippen LogP contribution in [0.1, 0.15) is 23.0 Å². The van der Waals surface area contributed by atoms with E-state index in [9.17, 15) is 9.18 Å². The number of aryl methyl sites for hydroxylation is 1. The Morgan fingerprint density at radius 3 is 2.85 bits per heavy atom. The summed E-state index contributed by atoms with van der Waals surface area (Å²) in [6, 6.07) is 5.92. The smallest absolute Gasteiger partial charge is 0.274 e. The van der Waals surface area contributed by atoms with Crippen molar-refractivity contribution in [3.05, 3.63) is 47.7 Å². The number of nitrogens with one attached hydrogen (secondary N) is 1. The van der Waals surface area contributed by atoms with Crippen molar-refractivity contribution in [2.24, 2.45) is 0 Å². The molecule has 0 bridgehead atoms. The molecule has 20 heavy (non-hydrogen) atoms. The SMILES string of the molecule is CCOc1cc(C(=O)Nc2ccc(C)c(F)c2)ncn1. The molecule has 104 valence electrons. The molecule has 5 nitrogen and oxygen atoms in total. The first kappa shape index (κ1) is 13.9. The molecule has 1 heterocycles. The molecule has 2 rings (SSSR count). The average Bonchev–Trinajstić information content (AvgIpc) is 2.43. The lowest BCUT2D eigenvalue weighted by molar-refractivity contribution is 0.102. The van der Waals surface area contributed by atoms with Crippen molar-refractivity contribution < 1.29 is 13.9 Å². The van der Waals surface area contributed by atoms with Gasteiger partial charge in [0.25, 0.3) is 5.91 Å². The molecule has 0 aliphatic carbocycles. The van der Waals surface area contributed by atoms with E-state index in [0.29, 0.717) is 23.7 Å². The highest BCUT2D eigenvalue weighted by atomic mass is 19.1. The van der Waals surface area contributed by atoms with Gasteiger partial charge < -0.3 is 10.1 Å². The number of carbonyl (C=O) groups is 1. The van der Waals surface area contributed by atoms with E-state index in [1.165, 1.54) is 18.5 Å². The molecular formula is C14H14FN3O2. The number of ether oxygens (including phenoxy) is 1. The fourth-order valence-corrected chi connectivity index (χ4v) is 1.56. The van der Waals surface area contributed by atoms with E-state index in [1.807, 2.05) is 6.92 Å². The van der Waals surface area contributed by atoms with Crippen LogP contribution in [0.4, 0.5) is 10.1 Å². The Labute approximate surface area is 115 Å². The van der Waals surface area contributed by atoms with Gasteiger partial charge in [-0.3, -0.25) is 4.79 Å². The van der Waals surface area contributed by atoms with Crippen LogP contribution in [0.3, 0.4) is 0 Å². The quantitative estimate of drug-likeness (QED) is 0.931. The molecular weight excluding hydrogens is 261 g/mol. The first-order valence-corrected chi connectivity index (χ1v) is 6.12. The lowest BCUT2D eigenvalue weighted by atomic mass is 10.2. The molecule has 0 spiro atoms. The van der Waals surface area contributed by atoms with Gasteiger partial charge in [-0.25, -0.2) is 14.4 Å². The summed E-state index contributed by atoms with van der Waals surface area (Å²) in [7, 11) is 0. The third kappa shape index (κ3) is 3.28. The predicted molar refractivity (Wildman–Crippen MR) is 72.3 cm³/mol. The molecule has 2 aromatic rings. The van der Waals surface area contributed by atoms with Gasteiger partial charge in [0.15, 0.2) is 0 Å². The van der Waals surface area contributed by atoms with Gasteiger partial charge in [-0.1, -0.05) is 6.07 Å². The highest BCUT2D eigenvalue weighted by molar-refractivity contribution is 6.02. The fraction of sp³-hybridized carbons (Fsp3) is 0.214. The van der Waals surface area contributed by atoms with Gasteiger partial charge in [-0.15, -0.1) is 0 Å². The van der Waals surface area contributed by atoms with E-state index in [-0.39, 0.29) is 11.5 Å². The van der Waals surface area contributed by atoms with Crippen LogP contribution in [0.25, 0.3) is 0 Å². The number of hydrogen-bond acceptors (Lipinski definition) is 4. The van der Waals surface area contributed by atoms with E-state index in [1.54, 1.807) is 19.1 Å². The Hall–Kier alpha value is -2.50. The second kappa shape index (κ2) is 6.10. The van der Waals surface area contributed by atoms with Gasteiger partial charge in [-0.05, 0) is 31.5 Å². The van der Waals surface area contributed by atoms with E-state index < -0.39 is 5.91 Å². The summed E-state index contributed by atoms with van der Waals surface area (Å²) in [4.78, 5) is 19.7. The number of anilines is 1. The highest BCUT2D eigenvalue weighted by Gasteiger charge is 2.10. The van der Waals surface area contributed by atoms with Gasteiger partial charge in [0.05, 0.1) is 6.61 Å². The molecule has 1 N–H and O–H groups in total. The molecule has 0 fully saturated rings. The predicted octanol–water partition coefficient (Wildman–Crippen LogP) is 2.58. The molecule has 0 saturated heterocycles. The fourth-order valence-electron chi connectivity index (χ4n) is 1.56. The van der Waals surface area contributed by atoms with Crippen LogP contribution in [0.15, 0.2) is 30.6 Å². The summed E-state index contributed by atoms with van der Waals surface area (Å²) in [5.41, 5.74) is 1.04. The lowest BCUT2D eigenvalue weighted by Crippen LogP contribution is -2.14. The van der Waals surface area contributed by atoms with Crippen LogP contribution >= 0.6 is 0 Å². The first-order chi connectivity index (χ1) is 9.60. The third-order valence-electron chi connectivity index (χ3n) is 2.60. The van der Waals surface area contributed by atoms with Crippen molar-refractivity contribution in [2.75, 3.05) is 11.9 Å². The van der Waals surface area contributed by atoms with E-state index in [0.717, 1.165) is 0 Å². The van der Waals surface area contributed by atoms with Crippen molar-refractivity contribution in [1.82, 2.24) is 9.97 Å². The zero-order valence-corrected chi connectivity index (χ0v) is 11.2. The zero-order valence-electron chi connectivity index (χ0n) is 11.2. The number of nitrogens with zero attached hydrogens (tertiary/aromatic N) is 2. The summed E-state index contributed by atoms with van der Waals surface area (Å²) in [5, 5.41) is 2.57. The van der Waals surface area contributed by atoms with Crippen molar-refractivity contribution in [2.45, 2.75) is 13.8 Å².